The Morgan fingerprint density at radius 1 is 1.77 bits per heavy atom. The minimum Gasteiger partial charge on any atom is -0.348 e. The summed E-state index contributed by atoms with van der Waals surface area (Å²) in [5.41, 5.74) is 2.31. The number of aryl methyl sites for hydroxylation is 1. The van der Waals surface area contributed by atoms with Crippen molar-refractivity contribution in [3.63, 3.8) is 0 Å². The first kappa shape index (κ1) is 8.75. The molecule has 0 spiro atoms. The van der Waals surface area contributed by atoms with E-state index >= 15 is 0 Å². The molecular formula is C10H15N3. The van der Waals surface area contributed by atoms with E-state index in [2.05, 4.69) is 21.8 Å². The molecular weight excluding hydrogens is 162 g/mol. The van der Waals surface area contributed by atoms with Gasteiger partial charge in [-0.1, -0.05) is 0 Å². The van der Waals surface area contributed by atoms with E-state index in [-0.39, 0.29) is 0 Å². The fraction of sp³-hybridized carbons (Fsp3) is 0.600. The molecule has 0 amide bonds. The third kappa shape index (κ3) is 1.91. The minimum absolute atomic E-state index is 0.360. The van der Waals surface area contributed by atoms with Gasteiger partial charge in [0.1, 0.15) is 0 Å². The van der Waals surface area contributed by atoms with Crippen LogP contribution in [0.1, 0.15) is 17.8 Å². The number of rotatable bonds is 2. The molecule has 3 nitrogen and oxygen atoms in total. The number of nitrogens with one attached hydrogen (secondary N) is 1. The van der Waals surface area contributed by atoms with E-state index < -0.39 is 0 Å². The second-order valence-electron chi connectivity index (χ2n) is 3.76. The van der Waals surface area contributed by atoms with Crippen molar-refractivity contribution in [1.29, 1.82) is 0 Å². The van der Waals surface area contributed by atoms with Gasteiger partial charge in [0.2, 0.25) is 0 Å². The molecule has 1 aromatic rings. The molecule has 1 N–H and O–H groups in total. The molecule has 1 unspecified atom stereocenters. The lowest BCUT2D eigenvalue weighted by Gasteiger charge is -2.13. The van der Waals surface area contributed by atoms with Crippen molar-refractivity contribution < 1.29 is 0 Å². The van der Waals surface area contributed by atoms with E-state index in [1.54, 1.807) is 6.33 Å². The maximum atomic E-state index is 5.82. The van der Waals surface area contributed by atoms with E-state index in [0.717, 1.165) is 31.7 Å². The second kappa shape index (κ2) is 3.50. The summed E-state index contributed by atoms with van der Waals surface area (Å²) >= 11 is 0. The molecule has 13 heavy (non-hydrogen) atoms. The van der Waals surface area contributed by atoms with Crippen LogP contribution in [0.3, 0.4) is 0 Å². The van der Waals surface area contributed by atoms with Crippen LogP contribution in [0.5, 0.6) is 0 Å². The molecule has 0 aliphatic carbocycles. The van der Waals surface area contributed by atoms with Crippen LogP contribution in [0.4, 0.5) is 0 Å². The maximum Gasteiger partial charge on any atom is 0.0925 e. The molecule has 1 atom stereocenters. The Balaban J connectivity index is 1.95. The fourth-order valence-corrected chi connectivity index (χ4v) is 1.76. The summed E-state index contributed by atoms with van der Waals surface area (Å²) in [5.74, 6) is 0.360. The van der Waals surface area contributed by atoms with Crippen molar-refractivity contribution >= 4 is 0 Å². The number of hydrogen-bond donors (Lipinski definition) is 1. The van der Waals surface area contributed by atoms with Crippen molar-refractivity contribution in [2.24, 2.45) is 5.92 Å². The summed E-state index contributed by atoms with van der Waals surface area (Å²) in [6, 6.07) is 0. The predicted molar refractivity (Wildman–Crippen MR) is 51.0 cm³/mol. The van der Waals surface area contributed by atoms with Gasteiger partial charge in [-0.25, -0.2) is 4.98 Å². The highest BCUT2D eigenvalue weighted by molar-refractivity contribution is 5.08. The van der Waals surface area contributed by atoms with Gasteiger partial charge in [-0.2, -0.15) is 0 Å². The van der Waals surface area contributed by atoms with Crippen LogP contribution in [0.25, 0.3) is 0 Å². The predicted octanol–water partition coefficient (Wildman–Crippen LogP) is 1.25. The molecule has 1 aromatic heterocycles. The van der Waals surface area contributed by atoms with Crippen LogP contribution in [-0.4, -0.2) is 28.0 Å². The SMILES string of the molecule is [CH]C1CCN(Cc2nc[nH]c2C)C1. The van der Waals surface area contributed by atoms with Crippen LogP contribution in [0.2, 0.25) is 0 Å². The lowest BCUT2D eigenvalue weighted by molar-refractivity contribution is 0.319. The summed E-state index contributed by atoms with van der Waals surface area (Å²) in [6.07, 6.45) is 2.87. The molecule has 0 aromatic carbocycles. The first-order chi connectivity index (χ1) is 6.25. The normalized spacial score (nSPS) is 24.0. The van der Waals surface area contributed by atoms with E-state index in [1.807, 2.05) is 0 Å². The third-order valence-corrected chi connectivity index (χ3v) is 2.62. The standard InChI is InChI=1S/C10H15N3/c1-8-3-4-13(5-8)6-10-9(2)11-7-12-10/h1,7-8H,3-6H2,2H3,(H,11,12). The number of nitrogens with zero attached hydrogens (tertiary/aromatic N) is 2. The molecule has 1 aliphatic rings. The Labute approximate surface area is 79.2 Å². The number of H-pyrrole nitrogens is 1. The number of hydrogen-bond acceptors (Lipinski definition) is 2. The number of aromatic nitrogens is 2. The van der Waals surface area contributed by atoms with Crippen molar-refractivity contribution in [3.8, 4) is 0 Å². The molecule has 70 valence electrons. The van der Waals surface area contributed by atoms with Gasteiger partial charge in [0, 0.05) is 18.8 Å². The summed E-state index contributed by atoms with van der Waals surface area (Å²) in [6.45, 7) is 10.9. The Hall–Kier alpha value is -0.830. The average molecular weight is 177 g/mol. The lowest BCUT2D eigenvalue weighted by atomic mass is 10.2. The van der Waals surface area contributed by atoms with Crippen LogP contribution in [-0.2, 0) is 6.54 Å². The van der Waals surface area contributed by atoms with E-state index in [9.17, 15) is 0 Å². The number of likely N-dealkylation sites (tertiary alicyclic amines) is 1. The highest BCUT2D eigenvalue weighted by atomic mass is 15.2. The van der Waals surface area contributed by atoms with E-state index in [4.69, 9.17) is 6.92 Å². The van der Waals surface area contributed by atoms with Gasteiger partial charge in [-0.05, 0) is 32.7 Å². The zero-order valence-corrected chi connectivity index (χ0v) is 7.95. The molecule has 1 saturated heterocycles. The van der Waals surface area contributed by atoms with Crippen molar-refractivity contribution in [3.05, 3.63) is 24.6 Å². The first-order valence-corrected chi connectivity index (χ1v) is 4.72. The third-order valence-electron chi connectivity index (χ3n) is 2.62. The average Bonchev–Trinajstić information content (AvgIpc) is 2.64. The van der Waals surface area contributed by atoms with Gasteiger partial charge in [0.05, 0.1) is 12.0 Å². The molecule has 2 radical (unpaired) electrons. The lowest BCUT2D eigenvalue weighted by Crippen LogP contribution is -2.20. The second-order valence-corrected chi connectivity index (χ2v) is 3.76. The zero-order valence-electron chi connectivity index (χ0n) is 7.95. The quantitative estimate of drug-likeness (QED) is 0.737. The van der Waals surface area contributed by atoms with Gasteiger partial charge < -0.3 is 4.98 Å². The van der Waals surface area contributed by atoms with Gasteiger partial charge in [-0.15, -0.1) is 0 Å². The Morgan fingerprint density at radius 2 is 2.62 bits per heavy atom. The maximum absolute atomic E-state index is 5.82. The van der Waals surface area contributed by atoms with Crippen molar-refractivity contribution in [2.45, 2.75) is 19.9 Å². The number of aromatic amines is 1. The van der Waals surface area contributed by atoms with E-state index in [1.165, 1.54) is 5.69 Å². The zero-order chi connectivity index (χ0) is 9.26. The van der Waals surface area contributed by atoms with Gasteiger partial charge in [-0.3, -0.25) is 4.90 Å². The largest absolute Gasteiger partial charge is 0.348 e. The summed E-state index contributed by atoms with van der Waals surface area (Å²) in [5, 5.41) is 0. The minimum atomic E-state index is 0.360. The molecule has 2 rings (SSSR count). The van der Waals surface area contributed by atoms with Gasteiger partial charge >= 0.3 is 0 Å². The Bertz CT molecular complexity index is 279. The smallest absolute Gasteiger partial charge is 0.0925 e. The fourth-order valence-electron chi connectivity index (χ4n) is 1.76. The van der Waals surface area contributed by atoms with Gasteiger partial charge in [0.25, 0.3) is 0 Å². The van der Waals surface area contributed by atoms with Crippen LogP contribution < -0.4 is 0 Å². The Morgan fingerprint density at radius 3 is 3.15 bits per heavy atom. The van der Waals surface area contributed by atoms with Crippen LogP contribution >= 0.6 is 0 Å². The highest BCUT2D eigenvalue weighted by Gasteiger charge is 2.19. The van der Waals surface area contributed by atoms with Crippen molar-refractivity contribution in [1.82, 2.24) is 14.9 Å². The van der Waals surface area contributed by atoms with Crippen molar-refractivity contribution in [2.75, 3.05) is 13.1 Å². The Kier molecular flexibility index (Phi) is 2.36. The topological polar surface area (TPSA) is 31.9 Å². The van der Waals surface area contributed by atoms with Crippen LogP contribution in [0, 0.1) is 19.8 Å². The summed E-state index contributed by atoms with van der Waals surface area (Å²) in [7, 11) is 0. The molecule has 1 aliphatic heterocycles. The molecule has 1 fully saturated rings. The van der Waals surface area contributed by atoms with Gasteiger partial charge in [0.15, 0.2) is 0 Å². The number of imidazole rings is 1. The first-order valence-electron chi connectivity index (χ1n) is 4.72. The van der Waals surface area contributed by atoms with Crippen LogP contribution in [0.15, 0.2) is 6.33 Å². The summed E-state index contributed by atoms with van der Waals surface area (Å²) in [4.78, 5) is 9.71. The highest BCUT2D eigenvalue weighted by Crippen LogP contribution is 2.17. The molecule has 2 heterocycles. The monoisotopic (exact) mass is 177 g/mol. The van der Waals surface area contributed by atoms with E-state index in [0.29, 0.717) is 5.92 Å². The molecule has 0 saturated carbocycles. The molecule has 0 bridgehead atoms. The molecule has 3 heteroatoms. The summed E-state index contributed by atoms with van der Waals surface area (Å²) < 4.78 is 0.